The van der Waals surface area contributed by atoms with Crippen LogP contribution in [0, 0.1) is 0 Å². The Labute approximate surface area is 109 Å². The van der Waals surface area contributed by atoms with Crippen molar-refractivity contribution < 1.29 is 0 Å². The molecule has 0 saturated heterocycles. The van der Waals surface area contributed by atoms with Gasteiger partial charge >= 0.3 is 0 Å². The molecule has 0 aliphatic carbocycles. The molecular formula is C14H12N4O. The summed E-state index contributed by atoms with van der Waals surface area (Å²) in [6.07, 6.45) is 4.13. The molecule has 0 spiro atoms. The van der Waals surface area contributed by atoms with Gasteiger partial charge in [0.1, 0.15) is 0 Å². The zero-order chi connectivity index (χ0) is 13.2. The van der Waals surface area contributed by atoms with Gasteiger partial charge in [-0.2, -0.15) is 5.10 Å². The highest BCUT2D eigenvalue weighted by atomic mass is 16.1. The Bertz CT molecular complexity index is 780. The van der Waals surface area contributed by atoms with E-state index in [4.69, 9.17) is 5.73 Å². The summed E-state index contributed by atoms with van der Waals surface area (Å²) < 4.78 is 0. The van der Waals surface area contributed by atoms with Crippen LogP contribution in [0.1, 0.15) is 11.3 Å². The number of aromatic nitrogens is 3. The summed E-state index contributed by atoms with van der Waals surface area (Å²) in [4.78, 5) is 15.8. The van der Waals surface area contributed by atoms with Gasteiger partial charge in [0, 0.05) is 29.9 Å². The lowest BCUT2D eigenvalue weighted by Gasteiger charge is -2.05. The molecule has 0 unspecified atom stereocenters. The van der Waals surface area contributed by atoms with E-state index in [1.165, 1.54) is 0 Å². The highest BCUT2D eigenvalue weighted by molar-refractivity contribution is 5.86. The molecular weight excluding hydrogens is 240 g/mol. The number of aromatic amines is 1. The fourth-order valence-electron chi connectivity index (χ4n) is 2.07. The molecule has 0 atom stereocenters. The maximum absolute atomic E-state index is 11.7. The number of nitrogen functional groups attached to an aromatic ring is 1. The van der Waals surface area contributed by atoms with Crippen LogP contribution in [-0.2, 0) is 6.42 Å². The normalized spacial score (nSPS) is 10.7. The lowest BCUT2D eigenvalue weighted by Crippen LogP contribution is -2.11. The molecule has 94 valence electrons. The standard InChI is InChI=1S/C14H12N4O/c15-10-3-4-11-12(7-10)14(19)18-17-13(11)6-9-2-1-5-16-8-9/h1-5,7-8H,6,15H2,(H,18,19). The van der Waals surface area contributed by atoms with Gasteiger partial charge in [0.15, 0.2) is 0 Å². The smallest absolute Gasteiger partial charge is 0.272 e. The Balaban J connectivity index is 2.15. The molecule has 19 heavy (non-hydrogen) atoms. The van der Waals surface area contributed by atoms with Crippen LogP contribution in [0.3, 0.4) is 0 Å². The van der Waals surface area contributed by atoms with E-state index in [9.17, 15) is 4.79 Å². The summed E-state index contributed by atoms with van der Waals surface area (Å²) in [7, 11) is 0. The number of hydrogen-bond donors (Lipinski definition) is 2. The molecule has 0 bridgehead atoms. The number of hydrogen-bond acceptors (Lipinski definition) is 4. The van der Waals surface area contributed by atoms with Crippen molar-refractivity contribution in [2.24, 2.45) is 0 Å². The third-order valence-electron chi connectivity index (χ3n) is 2.99. The van der Waals surface area contributed by atoms with Crippen LogP contribution >= 0.6 is 0 Å². The number of H-pyrrole nitrogens is 1. The van der Waals surface area contributed by atoms with Crippen LogP contribution < -0.4 is 11.3 Å². The fraction of sp³-hybridized carbons (Fsp3) is 0.0714. The van der Waals surface area contributed by atoms with Crippen molar-refractivity contribution in [3.05, 3.63) is 64.3 Å². The number of anilines is 1. The van der Waals surface area contributed by atoms with Crippen LogP contribution in [0.2, 0.25) is 0 Å². The molecule has 5 heteroatoms. The number of nitrogens with one attached hydrogen (secondary N) is 1. The number of fused-ring (bicyclic) bond motifs is 1. The van der Waals surface area contributed by atoms with Gasteiger partial charge in [-0.15, -0.1) is 0 Å². The second-order valence-electron chi connectivity index (χ2n) is 4.34. The molecule has 0 aliphatic rings. The zero-order valence-electron chi connectivity index (χ0n) is 10.1. The topological polar surface area (TPSA) is 84.7 Å². The van der Waals surface area contributed by atoms with Crippen molar-refractivity contribution in [3.63, 3.8) is 0 Å². The first-order valence-corrected chi connectivity index (χ1v) is 5.90. The number of nitrogens with two attached hydrogens (primary N) is 1. The maximum atomic E-state index is 11.7. The maximum Gasteiger partial charge on any atom is 0.272 e. The SMILES string of the molecule is Nc1ccc2c(Cc3cccnc3)n[nH]c(=O)c2c1. The molecule has 2 heterocycles. The summed E-state index contributed by atoms with van der Waals surface area (Å²) in [6.45, 7) is 0. The first-order chi connectivity index (χ1) is 9.24. The zero-order valence-corrected chi connectivity index (χ0v) is 10.1. The van der Waals surface area contributed by atoms with Crippen LogP contribution in [0.5, 0.6) is 0 Å². The molecule has 0 amide bonds. The first-order valence-electron chi connectivity index (χ1n) is 5.90. The molecule has 0 fully saturated rings. The van der Waals surface area contributed by atoms with E-state index in [0.29, 0.717) is 17.5 Å². The number of pyridine rings is 1. The average Bonchev–Trinajstić information content (AvgIpc) is 2.43. The van der Waals surface area contributed by atoms with Gasteiger partial charge in [-0.05, 0) is 23.8 Å². The summed E-state index contributed by atoms with van der Waals surface area (Å²) in [5, 5.41) is 8.02. The van der Waals surface area contributed by atoms with E-state index in [2.05, 4.69) is 15.2 Å². The Hall–Kier alpha value is -2.69. The van der Waals surface area contributed by atoms with Gasteiger partial charge in [0.25, 0.3) is 5.56 Å². The summed E-state index contributed by atoms with van der Waals surface area (Å²) in [6, 6.07) is 9.13. The highest BCUT2D eigenvalue weighted by Crippen LogP contribution is 2.18. The minimum atomic E-state index is -0.225. The van der Waals surface area contributed by atoms with E-state index in [1.807, 2.05) is 18.2 Å². The van der Waals surface area contributed by atoms with Crippen molar-refractivity contribution in [3.8, 4) is 0 Å². The van der Waals surface area contributed by atoms with Crippen LogP contribution in [0.15, 0.2) is 47.5 Å². The molecule has 5 nitrogen and oxygen atoms in total. The predicted octanol–water partition coefficient (Wildman–Crippen LogP) is 1.49. The van der Waals surface area contributed by atoms with Gasteiger partial charge in [-0.3, -0.25) is 9.78 Å². The van der Waals surface area contributed by atoms with Crippen LogP contribution in [0.25, 0.3) is 10.8 Å². The van der Waals surface area contributed by atoms with E-state index < -0.39 is 0 Å². The van der Waals surface area contributed by atoms with Crippen molar-refractivity contribution >= 4 is 16.5 Å². The van der Waals surface area contributed by atoms with Gasteiger partial charge in [0.2, 0.25) is 0 Å². The van der Waals surface area contributed by atoms with E-state index >= 15 is 0 Å². The van der Waals surface area contributed by atoms with Crippen LogP contribution in [0.4, 0.5) is 5.69 Å². The molecule has 3 N–H and O–H groups in total. The number of nitrogens with zero attached hydrogens (tertiary/aromatic N) is 2. The van der Waals surface area contributed by atoms with Crippen molar-refractivity contribution in [1.82, 2.24) is 15.2 Å². The van der Waals surface area contributed by atoms with Gasteiger partial charge in [-0.1, -0.05) is 12.1 Å². The quantitative estimate of drug-likeness (QED) is 0.677. The number of benzene rings is 1. The van der Waals surface area contributed by atoms with Crippen molar-refractivity contribution in [1.29, 1.82) is 0 Å². The lowest BCUT2D eigenvalue weighted by atomic mass is 10.1. The Morgan fingerprint density at radius 2 is 2.11 bits per heavy atom. The van der Waals surface area contributed by atoms with E-state index in [0.717, 1.165) is 16.6 Å². The molecule has 2 aromatic heterocycles. The first kappa shape index (κ1) is 11.4. The predicted molar refractivity (Wildman–Crippen MR) is 73.8 cm³/mol. The van der Waals surface area contributed by atoms with Crippen molar-refractivity contribution in [2.75, 3.05) is 5.73 Å². The average molecular weight is 252 g/mol. The molecule has 0 radical (unpaired) electrons. The summed E-state index contributed by atoms with van der Waals surface area (Å²) in [5.74, 6) is 0. The largest absolute Gasteiger partial charge is 0.399 e. The third kappa shape index (κ3) is 2.18. The van der Waals surface area contributed by atoms with Crippen LogP contribution in [-0.4, -0.2) is 15.2 Å². The molecule has 1 aromatic carbocycles. The number of rotatable bonds is 2. The molecule has 0 saturated carbocycles. The second kappa shape index (κ2) is 4.53. The van der Waals surface area contributed by atoms with Crippen molar-refractivity contribution in [2.45, 2.75) is 6.42 Å². The Kier molecular flexibility index (Phi) is 2.72. The molecule has 3 aromatic rings. The molecule has 0 aliphatic heterocycles. The Morgan fingerprint density at radius 1 is 1.21 bits per heavy atom. The monoisotopic (exact) mass is 252 g/mol. The second-order valence-corrected chi connectivity index (χ2v) is 4.34. The highest BCUT2D eigenvalue weighted by Gasteiger charge is 2.07. The minimum Gasteiger partial charge on any atom is -0.399 e. The molecule has 3 rings (SSSR count). The fourth-order valence-corrected chi connectivity index (χ4v) is 2.07. The minimum absolute atomic E-state index is 0.225. The Morgan fingerprint density at radius 3 is 2.89 bits per heavy atom. The van der Waals surface area contributed by atoms with Gasteiger partial charge in [0.05, 0.1) is 11.1 Å². The summed E-state index contributed by atoms with van der Waals surface area (Å²) in [5.41, 5.74) is 7.90. The van der Waals surface area contributed by atoms with Gasteiger partial charge in [-0.25, -0.2) is 5.10 Å². The van der Waals surface area contributed by atoms with E-state index in [-0.39, 0.29) is 5.56 Å². The third-order valence-corrected chi connectivity index (χ3v) is 2.99. The summed E-state index contributed by atoms with van der Waals surface area (Å²) >= 11 is 0. The van der Waals surface area contributed by atoms with E-state index in [1.54, 1.807) is 24.5 Å². The lowest BCUT2D eigenvalue weighted by molar-refractivity contribution is 0.931. The van der Waals surface area contributed by atoms with Gasteiger partial charge < -0.3 is 5.73 Å².